The van der Waals surface area contributed by atoms with Gasteiger partial charge in [0.15, 0.2) is 11.8 Å². The molecule has 0 saturated carbocycles. The summed E-state index contributed by atoms with van der Waals surface area (Å²) in [6.07, 6.45) is 1.90. The quantitative estimate of drug-likeness (QED) is 0.713. The molecule has 0 aliphatic heterocycles. The van der Waals surface area contributed by atoms with Crippen LogP contribution in [0.25, 0.3) is 0 Å². The average Bonchev–Trinajstić information content (AvgIpc) is 2.00. The molecule has 0 unspecified atom stereocenters. The van der Waals surface area contributed by atoms with Crippen molar-refractivity contribution in [3.05, 3.63) is 33.8 Å². The van der Waals surface area contributed by atoms with Gasteiger partial charge < -0.3 is 0 Å². The highest BCUT2D eigenvalue weighted by atomic mass is 35.5. The van der Waals surface area contributed by atoms with Gasteiger partial charge in [0.25, 0.3) is 0 Å². The van der Waals surface area contributed by atoms with E-state index in [0.29, 0.717) is 10.0 Å². The molecule has 1 nitrogen and oxygen atoms in total. The fourth-order valence-electron chi connectivity index (χ4n) is 0.913. The van der Waals surface area contributed by atoms with E-state index in [-0.39, 0.29) is 5.54 Å². The van der Waals surface area contributed by atoms with E-state index >= 15 is 0 Å². The van der Waals surface area contributed by atoms with E-state index in [2.05, 4.69) is 25.8 Å². The lowest BCUT2D eigenvalue weighted by molar-refractivity contribution is -0.533. The molecule has 0 heterocycles. The Bertz CT molecular complexity index is 351. The zero-order chi connectivity index (χ0) is 10.8. The van der Waals surface area contributed by atoms with Crippen LogP contribution >= 0.6 is 23.2 Å². The highest BCUT2D eigenvalue weighted by Gasteiger charge is 2.12. The summed E-state index contributed by atoms with van der Waals surface area (Å²) in [4.78, 5) is 3.25. The molecular formula is C11H14Cl2N+. The van der Waals surface area contributed by atoms with Gasteiger partial charge in [-0.2, -0.15) is 0 Å². The van der Waals surface area contributed by atoms with Crippen molar-refractivity contribution in [2.75, 3.05) is 0 Å². The van der Waals surface area contributed by atoms with Gasteiger partial charge in [0.2, 0.25) is 0 Å². The molecule has 76 valence electrons. The van der Waals surface area contributed by atoms with Crippen molar-refractivity contribution in [1.29, 1.82) is 0 Å². The second-order valence-corrected chi connectivity index (χ2v) is 5.05. The smallest absolute Gasteiger partial charge is 0.170 e. The minimum absolute atomic E-state index is 0.0446. The molecule has 0 aliphatic carbocycles. The maximum atomic E-state index is 6.00. The molecule has 1 N–H and O–H groups in total. The minimum atomic E-state index is 0.0446. The van der Waals surface area contributed by atoms with Crippen molar-refractivity contribution in [2.24, 2.45) is 0 Å². The molecule has 0 aromatic heterocycles. The molecule has 1 rings (SSSR count). The van der Waals surface area contributed by atoms with Crippen molar-refractivity contribution < 1.29 is 4.99 Å². The standard InChI is InChI=1S/C11H13Cl2N/c1-11(2,3)14-7-8-4-5-9(12)6-10(8)13/h4-7H,1-3H3/p+1. The van der Waals surface area contributed by atoms with E-state index < -0.39 is 0 Å². The summed E-state index contributed by atoms with van der Waals surface area (Å²) < 4.78 is 0. The summed E-state index contributed by atoms with van der Waals surface area (Å²) >= 11 is 11.8. The van der Waals surface area contributed by atoms with Crippen molar-refractivity contribution >= 4 is 29.4 Å². The summed E-state index contributed by atoms with van der Waals surface area (Å²) in [6, 6.07) is 5.45. The van der Waals surface area contributed by atoms with Gasteiger partial charge in [0.1, 0.15) is 0 Å². The van der Waals surface area contributed by atoms with Gasteiger partial charge in [-0.25, -0.2) is 4.99 Å². The lowest BCUT2D eigenvalue weighted by atomic mass is 10.1. The maximum absolute atomic E-state index is 6.00. The van der Waals surface area contributed by atoms with Crippen molar-refractivity contribution in [3.8, 4) is 0 Å². The van der Waals surface area contributed by atoms with Crippen LogP contribution in [0.3, 0.4) is 0 Å². The Morgan fingerprint density at radius 3 is 2.36 bits per heavy atom. The lowest BCUT2D eigenvalue weighted by Crippen LogP contribution is -2.81. The molecule has 0 amide bonds. The van der Waals surface area contributed by atoms with Gasteiger partial charge in [-0.05, 0) is 39.0 Å². The van der Waals surface area contributed by atoms with Gasteiger partial charge in [-0.3, -0.25) is 0 Å². The van der Waals surface area contributed by atoms with Crippen LogP contribution in [-0.2, 0) is 0 Å². The first kappa shape index (κ1) is 11.5. The molecule has 1 aromatic carbocycles. The predicted molar refractivity (Wildman–Crippen MR) is 62.3 cm³/mol. The Hall–Kier alpha value is -0.530. The molecule has 0 saturated heterocycles. The number of halogens is 2. The number of hydrogen-bond acceptors (Lipinski definition) is 0. The molecule has 14 heavy (non-hydrogen) atoms. The van der Waals surface area contributed by atoms with E-state index in [0.717, 1.165) is 5.56 Å². The second-order valence-electron chi connectivity index (χ2n) is 4.20. The minimum Gasteiger partial charge on any atom is -0.243 e. The monoisotopic (exact) mass is 230 g/mol. The highest BCUT2D eigenvalue weighted by molar-refractivity contribution is 6.36. The Kier molecular flexibility index (Phi) is 3.57. The Morgan fingerprint density at radius 1 is 1.21 bits per heavy atom. The fourth-order valence-corrected chi connectivity index (χ4v) is 1.38. The van der Waals surface area contributed by atoms with E-state index in [1.54, 1.807) is 6.07 Å². The highest BCUT2D eigenvalue weighted by Crippen LogP contribution is 2.18. The van der Waals surface area contributed by atoms with Gasteiger partial charge in [-0.1, -0.05) is 23.2 Å². The Morgan fingerprint density at radius 2 is 1.86 bits per heavy atom. The van der Waals surface area contributed by atoms with Gasteiger partial charge in [0.05, 0.1) is 10.6 Å². The molecule has 0 atom stereocenters. The van der Waals surface area contributed by atoms with E-state index in [4.69, 9.17) is 23.2 Å². The fraction of sp³-hybridized carbons (Fsp3) is 0.364. The first-order valence-electron chi connectivity index (χ1n) is 4.44. The van der Waals surface area contributed by atoms with Crippen LogP contribution < -0.4 is 4.99 Å². The average molecular weight is 231 g/mol. The van der Waals surface area contributed by atoms with Crippen LogP contribution in [0.1, 0.15) is 26.3 Å². The third kappa shape index (κ3) is 3.69. The first-order valence-corrected chi connectivity index (χ1v) is 5.20. The lowest BCUT2D eigenvalue weighted by Gasteiger charge is -2.04. The molecule has 1 aromatic rings. The third-order valence-corrected chi connectivity index (χ3v) is 2.19. The van der Waals surface area contributed by atoms with Gasteiger partial charge in [0, 0.05) is 5.02 Å². The number of rotatable bonds is 1. The van der Waals surface area contributed by atoms with E-state index in [9.17, 15) is 0 Å². The van der Waals surface area contributed by atoms with Crippen LogP contribution in [0.5, 0.6) is 0 Å². The number of nitrogens with one attached hydrogen (secondary N) is 1. The second kappa shape index (κ2) is 4.33. The zero-order valence-electron chi connectivity index (χ0n) is 8.57. The van der Waals surface area contributed by atoms with Crippen molar-refractivity contribution in [2.45, 2.75) is 26.3 Å². The molecule has 0 aliphatic rings. The molecule has 0 bridgehead atoms. The largest absolute Gasteiger partial charge is 0.243 e. The summed E-state index contributed by atoms with van der Waals surface area (Å²) in [6.45, 7) is 6.27. The third-order valence-electron chi connectivity index (χ3n) is 1.62. The maximum Gasteiger partial charge on any atom is 0.170 e. The predicted octanol–water partition coefficient (Wildman–Crippen LogP) is 2.29. The van der Waals surface area contributed by atoms with Crippen LogP contribution in [0.4, 0.5) is 0 Å². The summed E-state index contributed by atoms with van der Waals surface area (Å²) in [7, 11) is 0. The van der Waals surface area contributed by atoms with E-state index in [1.165, 1.54) is 0 Å². The zero-order valence-corrected chi connectivity index (χ0v) is 10.1. The van der Waals surface area contributed by atoms with Gasteiger partial charge in [-0.15, -0.1) is 0 Å². The van der Waals surface area contributed by atoms with Crippen LogP contribution in [0, 0.1) is 0 Å². The topological polar surface area (TPSA) is 14.0 Å². The van der Waals surface area contributed by atoms with E-state index in [1.807, 2.05) is 18.3 Å². The number of hydrogen-bond donors (Lipinski definition) is 1. The molecule has 0 spiro atoms. The van der Waals surface area contributed by atoms with Crippen molar-refractivity contribution in [1.82, 2.24) is 0 Å². The number of benzene rings is 1. The summed E-state index contributed by atoms with van der Waals surface area (Å²) in [5.74, 6) is 0. The molecule has 0 fully saturated rings. The molecule has 0 radical (unpaired) electrons. The first-order chi connectivity index (χ1) is 6.38. The van der Waals surface area contributed by atoms with Crippen LogP contribution in [-0.4, -0.2) is 11.8 Å². The summed E-state index contributed by atoms with van der Waals surface area (Å²) in [5.41, 5.74) is 0.995. The van der Waals surface area contributed by atoms with Gasteiger partial charge >= 0.3 is 0 Å². The molecule has 3 heteroatoms. The Balaban J connectivity index is 2.93. The normalized spacial score (nSPS) is 12.4. The molecular weight excluding hydrogens is 217 g/mol. The van der Waals surface area contributed by atoms with Crippen LogP contribution in [0.2, 0.25) is 10.0 Å². The Labute approximate surface area is 94.8 Å². The SMILES string of the molecule is CC(C)(C)[NH+]=Cc1ccc(Cl)cc1Cl. The van der Waals surface area contributed by atoms with Crippen LogP contribution in [0.15, 0.2) is 18.2 Å². The summed E-state index contributed by atoms with van der Waals surface area (Å²) in [5, 5.41) is 1.32. The van der Waals surface area contributed by atoms with Crippen molar-refractivity contribution in [3.63, 3.8) is 0 Å².